The second-order valence-corrected chi connectivity index (χ2v) is 8.95. The van der Waals surface area contributed by atoms with Gasteiger partial charge in [0.2, 0.25) is 5.91 Å². The smallest absolute Gasteiger partial charge is 0.275 e. The van der Waals surface area contributed by atoms with Gasteiger partial charge in [0.25, 0.3) is 5.56 Å². The SMILES string of the molecule is CN(CCNC(=O)CCCn1c(=O)c2cccn2c2ccc(Br)cc21)Cc1ccccc1. The highest BCUT2D eigenvalue weighted by Crippen LogP contribution is 2.20. The fourth-order valence-electron chi connectivity index (χ4n) is 4.00. The van der Waals surface area contributed by atoms with E-state index in [4.69, 9.17) is 0 Å². The predicted octanol–water partition coefficient (Wildman–Crippen LogP) is 4.05. The molecule has 2 heterocycles. The average Bonchev–Trinajstić information content (AvgIpc) is 3.27. The van der Waals surface area contributed by atoms with E-state index >= 15 is 0 Å². The maximum absolute atomic E-state index is 13.0. The van der Waals surface area contributed by atoms with Crippen molar-refractivity contribution in [2.45, 2.75) is 25.9 Å². The molecule has 0 bridgehead atoms. The summed E-state index contributed by atoms with van der Waals surface area (Å²) in [6, 6.07) is 19.9. The van der Waals surface area contributed by atoms with Crippen molar-refractivity contribution in [2.24, 2.45) is 0 Å². The van der Waals surface area contributed by atoms with E-state index in [1.807, 2.05) is 66.2 Å². The van der Waals surface area contributed by atoms with E-state index in [2.05, 4.69) is 38.3 Å². The van der Waals surface area contributed by atoms with Gasteiger partial charge in [-0.15, -0.1) is 0 Å². The van der Waals surface area contributed by atoms with E-state index in [9.17, 15) is 9.59 Å². The normalized spacial score (nSPS) is 11.5. The van der Waals surface area contributed by atoms with Crippen LogP contribution < -0.4 is 10.9 Å². The van der Waals surface area contributed by atoms with Crippen LogP contribution in [0.4, 0.5) is 0 Å². The molecular formula is C25H27BrN4O2. The third kappa shape index (κ3) is 5.11. The van der Waals surface area contributed by atoms with Gasteiger partial charge in [0.1, 0.15) is 5.52 Å². The van der Waals surface area contributed by atoms with E-state index in [0.29, 0.717) is 31.4 Å². The number of carbonyl (C=O) groups excluding carboxylic acids is 1. The summed E-state index contributed by atoms with van der Waals surface area (Å²) < 4.78 is 4.61. The molecule has 0 atom stereocenters. The number of halogens is 1. The molecule has 0 aliphatic rings. The van der Waals surface area contributed by atoms with Crippen molar-refractivity contribution in [3.63, 3.8) is 0 Å². The topological polar surface area (TPSA) is 58.8 Å². The highest BCUT2D eigenvalue weighted by molar-refractivity contribution is 9.10. The molecule has 2 aromatic carbocycles. The molecule has 0 unspecified atom stereocenters. The molecule has 7 heteroatoms. The Morgan fingerprint density at radius 3 is 2.66 bits per heavy atom. The van der Waals surface area contributed by atoms with Crippen LogP contribution in [0.1, 0.15) is 18.4 Å². The van der Waals surface area contributed by atoms with E-state index in [-0.39, 0.29) is 11.5 Å². The second kappa shape index (κ2) is 10.1. The van der Waals surface area contributed by atoms with Crippen molar-refractivity contribution in [1.82, 2.24) is 19.2 Å². The van der Waals surface area contributed by atoms with Crippen LogP contribution in [-0.4, -0.2) is 39.9 Å². The lowest BCUT2D eigenvalue weighted by molar-refractivity contribution is -0.121. The molecule has 1 amide bonds. The number of aryl methyl sites for hydroxylation is 1. The van der Waals surface area contributed by atoms with Gasteiger partial charge in [-0.3, -0.25) is 9.59 Å². The van der Waals surface area contributed by atoms with Gasteiger partial charge in [-0.25, -0.2) is 0 Å². The maximum Gasteiger partial charge on any atom is 0.275 e. The molecular weight excluding hydrogens is 468 g/mol. The number of nitrogens with one attached hydrogen (secondary N) is 1. The fraction of sp³-hybridized carbons (Fsp3) is 0.280. The van der Waals surface area contributed by atoms with Gasteiger partial charge in [-0.05, 0) is 49.4 Å². The molecule has 4 rings (SSSR count). The van der Waals surface area contributed by atoms with Gasteiger partial charge in [0, 0.05) is 43.3 Å². The standard InChI is InChI=1S/C25H27BrN4O2/c1-28(18-19-7-3-2-4-8-19)16-13-27-24(31)10-6-15-30-23-17-20(26)11-12-21(23)29-14-5-9-22(29)25(30)32/h2-5,7-9,11-12,14,17H,6,10,13,15-16,18H2,1H3,(H,27,31). The molecule has 166 valence electrons. The number of amides is 1. The van der Waals surface area contributed by atoms with Crippen LogP contribution in [0, 0.1) is 0 Å². The summed E-state index contributed by atoms with van der Waals surface area (Å²) in [5, 5.41) is 2.99. The maximum atomic E-state index is 13.0. The van der Waals surface area contributed by atoms with Crippen LogP contribution in [-0.2, 0) is 17.9 Å². The lowest BCUT2D eigenvalue weighted by Crippen LogP contribution is -2.33. The number of carbonyl (C=O) groups is 1. The Morgan fingerprint density at radius 2 is 1.84 bits per heavy atom. The summed E-state index contributed by atoms with van der Waals surface area (Å²) in [4.78, 5) is 27.5. The highest BCUT2D eigenvalue weighted by atomic mass is 79.9. The van der Waals surface area contributed by atoms with Crippen LogP contribution in [0.5, 0.6) is 0 Å². The van der Waals surface area contributed by atoms with Crippen LogP contribution in [0.3, 0.4) is 0 Å². The van der Waals surface area contributed by atoms with Gasteiger partial charge in [-0.2, -0.15) is 0 Å². The number of hydrogen-bond acceptors (Lipinski definition) is 3. The zero-order valence-electron chi connectivity index (χ0n) is 18.1. The third-order valence-electron chi connectivity index (χ3n) is 5.60. The van der Waals surface area contributed by atoms with Crippen molar-refractivity contribution in [3.05, 3.63) is 87.3 Å². The number of likely N-dealkylation sites (N-methyl/N-ethyl adjacent to an activating group) is 1. The summed E-state index contributed by atoms with van der Waals surface area (Å²) >= 11 is 3.51. The summed E-state index contributed by atoms with van der Waals surface area (Å²) in [5.74, 6) is 0.0143. The van der Waals surface area contributed by atoms with E-state index in [0.717, 1.165) is 28.6 Å². The molecule has 0 aliphatic heterocycles. The second-order valence-electron chi connectivity index (χ2n) is 8.03. The van der Waals surface area contributed by atoms with Crippen LogP contribution in [0.25, 0.3) is 16.6 Å². The first-order chi connectivity index (χ1) is 15.5. The van der Waals surface area contributed by atoms with Crippen LogP contribution in [0.2, 0.25) is 0 Å². The molecule has 6 nitrogen and oxygen atoms in total. The lowest BCUT2D eigenvalue weighted by atomic mass is 10.2. The van der Waals surface area contributed by atoms with Gasteiger partial charge >= 0.3 is 0 Å². The van der Waals surface area contributed by atoms with Crippen molar-refractivity contribution in [2.75, 3.05) is 20.1 Å². The van der Waals surface area contributed by atoms with Crippen molar-refractivity contribution in [3.8, 4) is 0 Å². The first kappa shape index (κ1) is 22.3. The summed E-state index contributed by atoms with van der Waals surface area (Å²) in [6.07, 6.45) is 2.89. The van der Waals surface area contributed by atoms with Crippen molar-refractivity contribution < 1.29 is 4.79 Å². The lowest BCUT2D eigenvalue weighted by Gasteiger charge is -2.17. The summed E-state index contributed by atoms with van der Waals surface area (Å²) in [7, 11) is 2.05. The molecule has 2 aromatic heterocycles. The third-order valence-corrected chi connectivity index (χ3v) is 6.09. The highest BCUT2D eigenvalue weighted by Gasteiger charge is 2.11. The fourth-order valence-corrected chi connectivity index (χ4v) is 4.35. The van der Waals surface area contributed by atoms with Gasteiger partial charge in [0.05, 0.1) is 11.0 Å². The zero-order chi connectivity index (χ0) is 22.5. The average molecular weight is 495 g/mol. The van der Waals surface area contributed by atoms with Crippen LogP contribution in [0.15, 0.2) is 76.1 Å². The molecule has 32 heavy (non-hydrogen) atoms. The molecule has 0 radical (unpaired) electrons. The number of fused-ring (bicyclic) bond motifs is 3. The van der Waals surface area contributed by atoms with Gasteiger partial charge in [0.15, 0.2) is 0 Å². The molecule has 0 saturated carbocycles. The molecule has 0 saturated heterocycles. The Balaban J connectivity index is 1.32. The Labute approximate surface area is 195 Å². The minimum absolute atomic E-state index is 0.0143. The molecule has 4 aromatic rings. The predicted molar refractivity (Wildman–Crippen MR) is 132 cm³/mol. The van der Waals surface area contributed by atoms with Crippen LogP contribution >= 0.6 is 15.9 Å². The van der Waals surface area contributed by atoms with E-state index in [1.54, 1.807) is 4.57 Å². The van der Waals surface area contributed by atoms with E-state index < -0.39 is 0 Å². The quantitative estimate of drug-likeness (QED) is 0.381. The Bertz CT molecular complexity index is 1280. The minimum atomic E-state index is -0.0384. The number of aromatic nitrogens is 2. The van der Waals surface area contributed by atoms with Gasteiger partial charge in [-0.1, -0.05) is 46.3 Å². The largest absolute Gasteiger partial charge is 0.355 e. The monoisotopic (exact) mass is 494 g/mol. The zero-order valence-corrected chi connectivity index (χ0v) is 19.7. The first-order valence-corrected chi connectivity index (χ1v) is 11.6. The van der Waals surface area contributed by atoms with Crippen molar-refractivity contribution >= 4 is 38.4 Å². The molecule has 0 spiro atoms. The van der Waals surface area contributed by atoms with E-state index in [1.165, 1.54) is 5.56 Å². The van der Waals surface area contributed by atoms with Gasteiger partial charge < -0.3 is 19.2 Å². The van der Waals surface area contributed by atoms with Crippen molar-refractivity contribution in [1.29, 1.82) is 0 Å². The number of nitrogens with zero attached hydrogens (tertiary/aromatic N) is 3. The first-order valence-electron chi connectivity index (χ1n) is 10.8. The number of benzene rings is 2. The molecule has 0 aliphatic carbocycles. The minimum Gasteiger partial charge on any atom is -0.355 e. The number of hydrogen-bond donors (Lipinski definition) is 1. The number of rotatable bonds is 9. The molecule has 0 fully saturated rings. The summed E-state index contributed by atoms with van der Waals surface area (Å²) in [5.41, 5.74) is 3.69. The Kier molecular flexibility index (Phi) is 7.07. The Morgan fingerprint density at radius 1 is 1.03 bits per heavy atom. The Hall–Kier alpha value is -2.90. The molecule has 1 N–H and O–H groups in total. The summed E-state index contributed by atoms with van der Waals surface area (Å²) in [6.45, 7) is 2.73.